The number of carbonyl (C=O) groups is 3. The van der Waals surface area contributed by atoms with Crippen LogP contribution >= 0.6 is 15.9 Å². The van der Waals surface area contributed by atoms with E-state index >= 15 is 0 Å². The smallest absolute Gasteiger partial charge is 0.329 e. The maximum atomic E-state index is 12.7. The number of rotatable bonds is 7. The highest BCUT2D eigenvalue weighted by Crippen LogP contribution is 2.18. The Morgan fingerprint density at radius 3 is 2.24 bits per heavy atom. The van der Waals surface area contributed by atoms with Crippen LogP contribution in [-0.4, -0.2) is 36.0 Å². The van der Waals surface area contributed by atoms with Crippen molar-refractivity contribution in [3.8, 4) is 0 Å². The third-order valence-corrected chi connectivity index (χ3v) is 5.88. The summed E-state index contributed by atoms with van der Waals surface area (Å²) < 4.78 is 6.04. The van der Waals surface area contributed by atoms with E-state index in [0.29, 0.717) is 10.0 Å². The Labute approximate surface area is 181 Å². The molecule has 0 bridgehead atoms. The largest absolute Gasteiger partial charge is 0.451 e. The van der Waals surface area contributed by atoms with E-state index in [4.69, 9.17) is 4.74 Å². The molecule has 0 heterocycles. The molecule has 1 fully saturated rings. The predicted molar refractivity (Wildman–Crippen MR) is 115 cm³/mol. The fourth-order valence-electron chi connectivity index (χ4n) is 3.41. The first kappa shape index (κ1) is 23.4. The van der Waals surface area contributed by atoms with E-state index in [1.165, 1.54) is 12.8 Å². The molecular weight excluding hydrogens is 436 g/mol. The molecule has 0 unspecified atom stereocenters. The summed E-state index contributed by atoms with van der Waals surface area (Å²) in [6.45, 7) is 5.21. The molecule has 160 valence electrons. The molecule has 29 heavy (non-hydrogen) atoms. The van der Waals surface area contributed by atoms with Crippen LogP contribution in [0.5, 0.6) is 0 Å². The first-order valence-corrected chi connectivity index (χ1v) is 11.1. The van der Waals surface area contributed by atoms with Gasteiger partial charge in [-0.15, -0.1) is 0 Å². The Balaban J connectivity index is 1.94. The highest BCUT2D eigenvalue weighted by atomic mass is 79.9. The van der Waals surface area contributed by atoms with Gasteiger partial charge in [-0.3, -0.25) is 9.59 Å². The summed E-state index contributed by atoms with van der Waals surface area (Å²) in [6, 6.07) is 6.29. The second-order valence-electron chi connectivity index (χ2n) is 7.95. The first-order chi connectivity index (χ1) is 13.8. The number of hydrogen-bond donors (Lipinski definition) is 2. The highest BCUT2D eigenvalue weighted by molar-refractivity contribution is 9.10. The minimum Gasteiger partial charge on any atom is -0.451 e. The van der Waals surface area contributed by atoms with Gasteiger partial charge in [0.15, 0.2) is 6.10 Å². The molecule has 1 saturated carbocycles. The Hall–Kier alpha value is -1.89. The van der Waals surface area contributed by atoms with Crippen LogP contribution in [0.15, 0.2) is 28.7 Å². The van der Waals surface area contributed by atoms with Gasteiger partial charge in [-0.05, 0) is 53.7 Å². The molecule has 1 aliphatic carbocycles. The average Bonchev–Trinajstić information content (AvgIpc) is 2.94. The van der Waals surface area contributed by atoms with Gasteiger partial charge in [-0.25, -0.2) is 4.79 Å². The van der Waals surface area contributed by atoms with Crippen molar-refractivity contribution in [2.24, 2.45) is 5.92 Å². The molecule has 0 aliphatic heterocycles. The van der Waals surface area contributed by atoms with Crippen molar-refractivity contribution >= 4 is 33.7 Å². The zero-order valence-electron chi connectivity index (χ0n) is 17.4. The van der Waals surface area contributed by atoms with Crippen LogP contribution in [-0.2, 0) is 14.3 Å². The maximum absolute atomic E-state index is 12.7. The lowest BCUT2D eigenvalue weighted by Gasteiger charge is -2.24. The predicted octanol–water partition coefficient (Wildman–Crippen LogP) is 3.97. The summed E-state index contributed by atoms with van der Waals surface area (Å²) in [4.78, 5) is 37.7. The van der Waals surface area contributed by atoms with Crippen LogP contribution in [0.2, 0.25) is 0 Å². The average molecular weight is 467 g/mol. The van der Waals surface area contributed by atoms with Gasteiger partial charge in [0.2, 0.25) is 0 Å². The highest BCUT2D eigenvalue weighted by Gasteiger charge is 2.30. The molecule has 6 nitrogen and oxygen atoms in total. The van der Waals surface area contributed by atoms with E-state index in [-0.39, 0.29) is 23.8 Å². The van der Waals surface area contributed by atoms with Crippen LogP contribution in [0.1, 0.15) is 69.7 Å². The van der Waals surface area contributed by atoms with Crippen molar-refractivity contribution in [3.63, 3.8) is 0 Å². The summed E-state index contributed by atoms with van der Waals surface area (Å²) in [5.74, 6) is -1.46. The van der Waals surface area contributed by atoms with E-state index in [9.17, 15) is 14.4 Å². The van der Waals surface area contributed by atoms with E-state index in [1.807, 2.05) is 19.9 Å². The molecule has 2 N–H and O–H groups in total. The molecule has 2 rings (SSSR count). The number of esters is 1. The zero-order valence-corrected chi connectivity index (χ0v) is 19.0. The number of nitrogens with one attached hydrogen (secondary N) is 2. The number of amides is 2. The van der Waals surface area contributed by atoms with Crippen LogP contribution < -0.4 is 10.6 Å². The quantitative estimate of drug-likeness (QED) is 0.470. The lowest BCUT2D eigenvalue weighted by molar-refractivity contribution is -0.157. The monoisotopic (exact) mass is 466 g/mol. The van der Waals surface area contributed by atoms with E-state index in [0.717, 1.165) is 25.7 Å². The van der Waals surface area contributed by atoms with Crippen molar-refractivity contribution in [1.82, 2.24) is 10.6 Å². The molecule has 1 aromatic rings. The van der Waals surface area contributed by atoms with Gasteiger partial charge in [0.1, 0.15) is 6.04 Å². The fourth-order valence-corrected chi connectivity index (χ4v) is 3.87. The number of halogens is 1. The second-order valence-corrected chi connectivity index (χ2v) is 8.81. The van der Waals surface area contributed by atoms with E-state index in [1.54, 1.807) is 25.1 Å². The van der Waals surface area contributed by atoms with Gasteiger partial charge >= 0.3 is 5.97 Å². The molecule has 7 heteroatoms. The summed E-state index contributed by atoms with van der Waals surface area (Å²) in [7, 11) is 0. The SMILES string of the molecule is CC(C)[C@@H](NC(=O)c1ccccc1Br)C(=O)O[C@@H](C)C(=O)NC1CCCCCC1. The third kappa shape index (κ3) is 7.14. The lowest BCUT2D eigenvalue weighted by atomic mass is 10.0. The topological polar surface area (TPSA) is 84.5 Å². The summed E-state index contributed by atoms with van der Waals surface area (Å²) in [5.41, 5.74) is 0.435. The Morgan fingerprint density at radius 1 is 1.03 bits per heavy atom. The molecule has 1 aromatic carbocycles. The number of ether oxygens (including phenoxy) is 1. The molecule has 2 atom stereocenters. The number of carbonyl (C=O) groups excluding carboxylic acids is 3. The van der Waals surface area contributed by atoms with Gasteiger partial charge in [0.05, 0.1) is 5.56 Å². The lowest BCUT2D eigenvalue weighted by Crippen LogP contribution is -2.48. The molecule has 0 radical (unpaired) electrons. The van der Waals surface area contributed by atoms with Crippen LogP contribution in [0, 0.1) is 5.92 Å². The summed E-state index contributed by atoms with van der Waals surface area (Å²) in [6.07, 6.45) is 5.62. The second kappa shape index (κ2) is 11.3. The van der Waals surface area contributed by atoms with Crippen molar-refractivity contribution in [3.05, 3.63) is 34.3 Å². The van der Waals surface area contributed by atoms with Crippen LogP contribution in [0.4, 0.5) is 0 Å². The zero-order chi connectivity index (χ0) is 21.4. The van der Waals surface area contributed by atoms with Gasteiger partial charge in [0, 0.05) is 10.5 Å². The van der Waals surface area contributed by atoms with E-state index < -0.39 is 18.1 Å². The van der Waals surface area contributed by atoms with Crippen molar-refractivity contribution in [2.75, 3.05) is 0 Å². The van der Waals surface area contributed by atoms with Crippen molar-refractivity contribution in [2.45, 2.75) is 77.5 Å². The molecule has 2 amide bonds. The Bertz CT molecular complexity index is 715. The first-order valence-electron chi connectivity index (χ1n) is 10.4. The van der Waals surface area contributed by atoms with Crippen LogP contribution in [0.3, 0.4) is 0 Å². The van der Waals surface area contributed by atoms with Gasteiger partial charge in [-0.2, -0.15) is 0 Å². The van der Waals surface area contributed by atoms with Crippen molar-refractivity contribution < 1.29 is 19.1 Å². The van der Waals surface area contributed by atoms with E-state index in [2.05, 4.69) is 26.6 Å². The van der Waals surface area contributed by atoms with Gasteiger partial charge in [-0.1, -0.05) is 51.7 Å². The number of benzene rings is 1. The molecule has 0 spiro atoms. The molecule has 1 aliphatic rings. The molecular formula is C22H31BrN2O4. The molecule has 0 aromatic heterocycles. The molecule has 0 saturated heterocycles. The van der Waals surface area contributed by atoms with Crippen LogP contribution in [0.25, 0.3) is 0 Å². The van der Waals surface area contributed by atoms with Crippen molar-refractivity contribution in [1.29, 1.82) is 0 Å². The minimum absolute atomic E-state index is 0.141. The maximum Gasteiger partial charge on any atom is 0.329 e. The fraction of sp³-hybridized carbons (Fsp3) is 0.591. The summed E-state index contributed by atoms with van der Waals surface area (Å²) >= 11 is 3.34. The van der Waals surface area contributed by atoms with Gasteiger partial charge in [0.25, 0.3) is 11.8 Å². The summed E-state index contributed by atoms with van der Waals surface area (Å²) in [5, 5.41) is 5.73. The standard InChI is InChI=1S/C22H31BrN2O4/c1-14(2)19(25-21(27)17-12-8-9-13-18(17)23)22(28)29-15(3)20(26)24-16-10-6-4-5-7-11-16/h8-9,12-16,19H,4-7,10-11H2,1-3H3,(H,24,26)(H,25,27)/t15-,19+/m0/s1. The number of hydrogen-bond acceptors (Lipinski definition) is 4. The Kier molecular flexibility index (Phi) is 9.14. The third-order valence-electron chi connectivity index (χ3n) is 5.19. The normalized spacial score (nSPS) is 17.1. The Morgan fingerprint density at radius 2 is 1.66 bits per heavy atom. The van der Waals surface area contributed by atoms with Gasteiger partial charge < -0.3 is 15.4 Å². The minimum atomic E-state index is -0.910.